The quantitative estimate of drug-likeness (QED) is 0.653. The van der Waals surface area contributed by atoms with Gasteiger partial charge in [0.1, 0.15) is 9.84 Å². The molecule has 7 heteroatoms. The van der Waals surface area contributed by atoms with E-state index in [1.165, 1.54) is 0 Å². The van der Waals surface area contributed by atoms with Crippen molar-refractivity contribution in [1.82, 2.24) is 5.32 Å². The summed E-state index contributed by atoms with van der Waals surface area (Å²) in [4.78, 5) is 11.8. The lowest BCUT2D eigenvalue weighted by Gasteiger charge is -2.17. The average molecular weight is 266 g/mol. The number of amides is 1. The molecule has 0 spiro atoms. The number of hydrogen-bond donors (Lipinski definition) is 2. The lowest BCUT2D eigenvalue weighted by Crippen LogP contribution is -2.44. The minimum atomic E-state index is -3.10. The zero-order valence-corrected chi connectivity index (χ0v) is 11.3. The largest absolute Gasteiger partial charge is 0.393 e. The Labute approximate surface area is 102 Å². The zero-order valence-electron chi connectivity index (χ0n) is 9.69. The predicted molar refractivity (Wildman–Crippen MR) is 67.9 cm³/mol. The monoisotopic (exact) mass is 266 g/mol. The molecular formula is C9H18N2O3S2. The van der Waals surface area contributed by atoms with Gasteiger partial charge in [-0.25, -0.2) is 8.42 Å². The maximum absolute atomic E-state index is 11.6. The van der Waals surface area contributed by atoms with Crippen molar-refractivity contribution in [3.63, 3.8) is 0 Å². The second-order valence-corrected chi connectivity index (χ2v) is 6.52. The van der Waals surface area contributed by atoms with Crippen LogP contribution in [-0.2, 0) is 14.6 Å². The Bertz CT molecular complexity index is 365. The molecule has 1 amide bonds. The number of nitrogens with one attached hydrogen (secondary N) is 1. The first-order chi connectivity index (χ1) is 7.17. The molecule has 3 N–H and O–H groups in total. The van der Waals surface area contributed by atoms with Crippen molar-refractivity contribution in [2.24, 2.45) is 11.7 Å². The maximum Gasteiger partial charge on any atom is 0.230 e. The summed E-state index contributed by atoms with van der Waals surface area (Å²) in [7, 11) is -3.10. The number of rotatable bonds is 6. The van der Waals surface area contributed by atoms with Crippen LogP contribution < -0.4 is 11.1 Å². The zero-order chi connectivity index (χ0) is 12.9. The van der Waals surface area contributed by atoms with Gasteiger partial charge in [-0.3, -0.25) is 4.79 Å². The Kier molecular flexibility index (Phi) is 5.88. The van der Waals surface area contributed by atoms with Crippen molar-refractivity contribution in [3.05, 3.63) is 0 Å². The first-order valence-electron chi connectivity index (χ1n) is 4.94. The van der Waals surface area contributed by atoms with Crippen molar-refractivity contribution in [2.75, 3.05) is 12.0 Å². The summed E-state index contributed by atoms with van der Waals surface area (Å²) < 4.78 is 22.0. The molecule has 0 aromatic carbocycles. The van der Waals surface area contributed by atoms with Crippen LogP contribution >= 0.6 is 12.2 Å². The number of thiocarbonyl (C=S) groups is 1. The average Bonchev–Trinajstić information content (AvgIpc) is 1.99. The highest BCUT2D eigenvalue weighted by atomic mass is 32.2. The molecule has 0 radical (unpaired) electrons. The minimum absolute atomic E-state index is 0.0908. The summed E-state index contributed by atoms with van der Waals surface area (Å²) in [6.45, 7) is 3.43. The van der Waals surface area contributed by atoms with Gasteiger partial charge in [0.15, 0.2) is 0 Å². The van der Waals surface area contributed by atoms with Crippen molar-refractivity contribution >= 4 is 33.0 Å². The molecule has 2 unspecified atom stereocenters. The molecule has 0 aliphatic carbocycles. The van der Waals surface area contributed by atoms with Crippen LogP contribution in [0.5, 0.6) is 0 Å². The van der Waals surface area contributed by atoms with Gasteiger partial charge < -0.3 is 11.1 Å². The Morgan fingerprint density at radius 2 is 2.00 bits per heavy atom. The summed E-state index contributed by atoms with van der Waals surface area (Å²) in [5.74, 6) is -0.935. The molecule has 2 atom stereocenters. The summed E-state index contributed by atoms with van der Waals surface area (Å²) in [5, 5.41) is 2.58. The number of carbonyl (C=O) groups is 1. The Hall–Kier alpha value is -0.690. The number of hydrogen-bond acceptors (Lipinski definition) is 4. The van der Waals surface area contributed by atoms with Crippen LogP contribution in [-0.4, -0.2) is 37.4 Å². The van der Waals surface area contributed by atoms with E-state index in [0.29, 0.717) is 6.42 Å². The molecule has 5 nitrogen and oxygen atoms in total. The summed E-state index contributed by atoms with van der Waals surface area (Å²) >= 11 is 4.75. The van der Waals surface area contributed by atoms with Crippen LogP contribution in [0.2, 0.25) is 0 Å². The standard InChI is InChI=1S/C9H18N2O3S2/c1-4-7(8(10)15)9(12)11-6(2)5-16(3,13)14/h6-7H,4-5H2,1-3H3,(H2,10,15)(H,11,12). The van der Waals surface area contributed by atoms with Gasteiger partial charge in [0.05, 0.1) is 16.7 Å². The lowest BCUT2D eigenvalue weighted by molar-refractivity contribution is -0.123. The fraction of sp³-hybridized carbons (Fsp3) is 0.778. The van der Waals surface area contributed by atoms with Crippen LogP contribution in [0.25, 0.3) is 0 Å². The van der Waals surface area contributed by atoms with Crippen LogP contribution in [0.4, 0.5) is 0 Å². The van der Waals surface area contributed by atoms with Gasteiger partial charge in [0, 0.05) is 12.3 Å². The summed E-state index contributed by atoms with van der Waals surface area (Å²) in [5.41, 5.74) is 5.40. The van der Waals surface area contributed by atoms with Gasteiger partial charge >= 0.3 is 0 Å². The molecule has 94 valence electrons. The van der Waals surface area contributed by atoms with E-state index in [1.54, 1.807) is 13.8 Å². The fourth-order valence-electron chi connectivity index (χ4n) is 1.36. The Balaban J connectivity index is 4.39. The topological polar surface area (TPSA) is 89.3 Å². The highest BCUT2D eigenvalue weighted by Gasteiger charge is 2.21. The highest BCUT2D eigenvalue weighted by molar-refractivity contribution is 7.90. The van der Waals surface area contributed by atoms with E-state index in [1.807, 2.05) is 0 Å². The minimum Gasteiger partial charge on any atom is -0.393 e. The van der Waals surface area contributed by atoms with Crippen LogP contribution in [0, 0.1) is 5.92 Å². The fourth-order valence-corrected chi connectivity index (χ4v) is 2.62. The molecule has 0 saturated heterocycles. The van der Waals surface area contributed by atoms with E-state index < -0.39 is 21.8 Å². The molecule has 0 aromatic rings. The highest BCUT2D eigenvalue weighted by Crippen LogP contribution is 2.04. The summed E-state index contributed by atoms with van der Waals surface area (Å²) in [6.07, 6.45) is 1.63. The van der Waals surface area contributed by atoms with Crippen molar-refractivity contribution in [2.45, 2.75) is 26.3 Å². The van der Waals surface area contributed by atoms with Crippen molar-refractivity contribution in [3.8, 4) is 0 Å². The maximum atomic E-state index is 11.6. The third-order valence-electron chi connectivity index (χ3n) is 2.01. The van der Waals surface area contributed by atoms with E-state index in [0.717, 1.165) is 6.26 Å². The molecule has 0 rings (SSSR count). The van der Waals surface area contributed by atoms with Gasteiger partial charge in [0.25, 0.3) is 0 Å². The van der Waals surface area contributed by atoms with E-state index in [4.69, 9.17) is 18.0 Å². The molecule has 0 fully saturated rings. The molecule has 0 heterocycles. The van der Waals surface area contributed by atoms with E-state index in [-0.39, 0.29) is 16.6 Å². The molecule has 16 heavy (non-hydrogen) atoms. The van der Waals surface area contributed by atoms with Crippen LogP contribution in [0.15, 0.2) is 0 Å². The second kappa shape index (κ2) is 6.15. The molecule has 0 aliphatic rings. The van der Waals surface area contributed by atoms with Crippen molar-refractivity contribution in [1.29, 1.82) is 0 Å². The van der Waals surface area contributed by atoms with Crippen LogP contribution in [0.3, 0.4) is 0 Å². The first-order valence-corrected chi connectivity index (χ1v) is 7.41. The number of carbonyl (C=O) groups excluding carboxylic acids is 1. The second-order valence-electron chi connectivity index (χ2n) is 3.87. The van der Waals surface area contributed by atoms with Gasteiger partial charge in [-0.15, -0.1) is 0 Å². The number of nitrogens with two attached hydrogens (primary N) is 1. The van der Waals surface area contributed by atoms with Crippen molar-refractivity contribution < 1.29 is 13.2 Å². The predicted octanol–water partition coefficient (Wildman–Crippen LogP) is -0.152. The van der Waals surface area contributed by atoms with Crippen LogP contribution in [0.1, 0.15) is 20.3 Å². The third-order valence-corrected chi connectivity index (χ3v) is 3.40. The molecular weight excluding hydrogens is 248 g/mol. The summed E-state index contributed by atoms with van der Waals surface area (Å²) in [6, 6.07) is -0.439. The van der Waals surface area contributed by atoms with Gasteiger partial charge in [-0.1, -0.05) is 19.1 Å². The van der Waals surface area contributed by atoms with Gasteiger partial charge in [0.2, 0.25) is 5.91 Å². The van der Waals surface area contributed by atoms with E-state index >= 15 is 0 Å². The molecule has 0 bridgehead atoms. The van der Waals surface area contributed by atoms with Gasteiger partial charge in [-0.05, 0) is 13.3 Å². The normalized spacial score (nSPS) is 15.2. The molecule has 0 saturated carbocycles. The van der Waals surface area contributed by atoms with E-state index in [9.17, 15) is 13.2 Å². The smallest absolute Gasteiger partial charge is 0.230 e. The Morgan fingerprint density at radius 3 is 2.31 bits per heavy atom. The SMILES string of the molecule is CCC(C(=O)NC(C)CS(C)(=O)=O)C(N)=S. The molecule has 0 aromatic heterocycles. The Morgan fingerprint density at radius 1 is 1.50 bits per heavy atom. The lowest BCUT2D eigenvalue weighted by atomic mass is 10.1. The van der Waals surface area contributed by atoms with E-state index in [2.05, 4.69) is 5.32 Å². The third kappa shape index (κ3) is 6.02. The first kappa shape index (κ1) is 15.3. The van der Waals surface area contributed by atoms with Gasteiger partial charge in [-0.2, -0.15) is 0 Å². The number of sulfone groups is 1. The molecule has 0 aliphatic heterocycles.